The molecular weight excluding hydrogens is 384 g/mol. The molecule has 2 fully saturated rings. The summed E-state index contributed by atoms with van der Waals surface area (Å²) < 4.78 is 0. The molecule has 2 aliphatic rings. The maximum atomic E-state index is 12.7. The first-order chi connectivity index (χ1) is 15.1. The van der Waals surface area contributed by atoms with Gasteiger partial charge < -0.3 is 15.1 Å². The molecule has 0 unspecified atom stereocenters. The molecular formula is C26H36N4O. The molecule has 31 heavy (non-hydrogen) atoms. The fraction of sp³-hybridized carbons (Fsp3) is 0.500. The highest BCUT2D eigenvalue weighted by molar-refractivity contribution is 5.78. The first-order valence-corrected chi connectivity index (χ1v) is 11.6. The van der Waals surface area contributed by atoms with Gasteiger partial charge in [-0.2, -0.15) is 0 Å². The Morgan fingerprint density at radius 2 is 1.65 bits per heavy atom. The van der Waals surface area contributed by atoms with Gasteiger partial charge in [-0.1, -0.05) is 42.0 Å². The molecule has 0 radical (unpaired) electrons. The Morgan fingerprint density at radius 1 is 0.935 bits per heavy atom. The van der Waals surface area contributed by atoms with Crippen LogP contribution in [-0.4, -0.2) is 62.0 Å². The average molecular weight is 421 g/mol. The van der Waals surface area contributed by atoms with E-state index in [2.05, 4.69) is 82.5 Å². The molecule has 0 saturated carbocycles. The van der Waals surface area contributed by atoms with Crippen LogP contribution in [0.2, 0.25) is 0 Å². The van der Waals surface area contributed by atoms with Gasteiger partial charge in [0.1, 0.15) is 0 Å². The molecule has 2 aliphatic heterocycles. The van der Waals surface area contributed by atoms with Gasteiger partial charge in [0.2, 0.25) is 5.91 Å². The lowest BCUT2D eigenvalue weighted by atomic mass is 9.95. The standard InChI is InChI=1S/C26H36N4O/c1-21-4-3-5-23(18-21)20-29-12-10-24(11-13-29)26(31)27-19-22-6-8-25(9-7-22)30-16-14-28(2)15-17-30/h3-9,18,24H,10-17,19-20H2,1-2H3,(H,27,31). The first kappa shape index (κ1) is 21.8. The zero-order chi connectivity index (χ0) is 21.6. The molecule has 166 valence electrons. The molecule has 1 N–H and O–H groups in total. The zero-order valence-corrected chi connectivity index (χ0v) is 19.0. The summed E-state index contributed by atoms with van der Waals surface area (Å²) in [5, 5.41) is 3.17. The molecule has 2 aromatic rings. The smallest absolute Gasteiger partial charge is 0.223 e. The van der Waals surface area contributed by atoms with Gasteiger partial charge in [-0.3, -0.25) is 9.69 Å². The normalized spacial score (nSPS) is 18.8. The van der Waals surface area contributed by atoms with Gasteiger partial charge in [0.05, 0.1) is 0 Å². The molecule has 2 saturated heterocycles. The molecule has 0 spiro atoms. The summed E-state index contributed by atoms with van der Waals surface area (Å²) in [5.74, 6) is 0.344. The van der Waals surface area contributed by atoms with E-state index < -0.39 is 0 Å². The van der Waals surface area contributed by atoms with Crippen LogP contribution in [0.5, 0.6) is 0 Å². The number of benzene rings is 2. The van der Waals surface area contributed by atoms with E-state index in [0.717, 1.165) is 58.7 Å². The molecule has 0 atom stereocenters. The van der Waals surface area contributed by atoms with Gasteiger partial charge in [0.25, 0.3) is 0 Å². The van der Waals surface area contributed by atoms with Crippen molar-refractivity contribution in [3.63, 3.8) is 0 Å². The number of piperidine rings is 1. The average Bonchev–Trinajstić information content (AvgIpc) is 2.79. The lowest BCUT2D eigenvalue weighted by molar-refractivity contribution is -0.126. The van der Waals surface area contributed by atoms with Crippen LogP contribution >= 0.6 is 0 Å². The largest absolute Gasteiger partial charge is 0.369 e. The van der Waals surface area contributed by atoms with E-state index in [1.807, 2.05) is 0 Å². The van der Waals surface area contributed by atoms with Crippen molar-refractivity contribution in [2.75, 3.05) is 51.2 Å². The number of likely N-dealkylation sites (N-methyl/N-ethyl adjacent to an activating group) is 1. The number of hydrogen-bond donors (Lipinski definition) is 1. The van der Waals surface area contributed by atoms with Crippen LogP contribution in [0.1, 0.15) is 29.5 Å². The molecule has 1 amide bonds. The minimum atomic E-state index is 0.137. The van der Waals surface area contributed by atoms with Crippen molar-refractivity contribution in [1.82, 2.24) is 15.1 Å². The van der Waals surface area contributed by atoms with Crippen LogP contribution < -0.4 is 10.2 Å². The lowest BCUT2D eigenvalue weighted by Gasteiger charge is -2.34. The highest BCUT2D eigenvalue weighted by Crippen LogP contribution is 2.20. The van der Waals surface area contributed by atoms with E-state index in [1.54, 1.807) is 0 Å². The number of carbonyl (C=O) groups excluding carboxylic acids is 1. The van der Waals surface area contributed by atoms with Crippen LogP contribution in [0.4, 0.5) is 5.69 Å². The topological polar surface area (TPSA) is 38.8 Å². The highest BCUT2D eigenvalue weighted by atomic mass is 16.1. The summed E-state index contributed by atoms with van der Waals surface area (Å²) in [6, 6.07) is 17.4. The van der Waals surface area contributed by atoms with Gasteiger partial charge in [-0.05, 0) is 63.2 Å². The van der Waals surface area contributed by atoms with Crippen LogP contribution in [0.3, 0.4) is 0 Å². The summed E-state index contributed by atoms with van der Waals surface area (Å²) in [4.78, 5) is 20.0. The van der Waals surface area contributed by atoms with E-state index in [-0.39, 0.29) is 11.8 Å². The molecule has 2 heterocycles. The summed E-state index contributed by atoms with van der Waals surface area (Å²) in [6.07, 6.45) is 1.89. The van der Waals surface area contributed by atoms with Crippen LogP contribution in [-0.2, 0) is 17.9 Å². The van der Waals surface area contributed by atoms with Gasteiger partial charge in [-0.15, -0.1) is 0 Å². The second-order valence-electron chi connectivity index (χ2n) is 9.21. The third-order valence-corrected chi connectivity index (χ3v) is 6.72. The Labute approximate surface area is 187 Å². The zero-order valence-electron chi connectivity index (χ0n) is 19.0. The number of hydrogen-bond acceptors (Lipinski definition) is 4. The van der Waals surface area contributed by atoms with Gasteiger partial charge in [-0.25, -0.2) is 0 Å². The number of likely N-dealkylation sites (tertiary alicyclic amines) is 1. The van der Waals surface area contributed by atoms with E-state index in [0.29, 0.717) is 6.54 Å². The maximum absolute atomic E-state index is 12.7. The fourth-order valence-corrected chi connectivity index (χ4v) is 4.64. The summed E-state index contributed by atoms with van der Waals surface area (Å²) >= 11 is 0. The summed E-state index contributed by atoms with van der Waals surface area (Å²) in [6.45, 7) is 10.1. The predicted molar refractivity (Wildman–Crippen MR) is 127 cm³/mol. The van der Waals surface area contributed by atoms with Crippen LogP contribution in [0, 0.1) is 12.8 Å². The minimum Gasteiger partial charge on any atom is -0.369 e. The molecule has 5 nitrogen and oxygen atoms in total. The third kappa shape index (κ3) is 6.08. The number of piperazine rings is 1. The number of aryl methyl sites for hydroxylation is 1. The Kier molecular flexibility index (Phi) is 7.25. The molecule has 2 aromatic carbocycles. The predicted octanol–water partition coefficient (Wildman–Crippen LogP) is 3.28. The molecule has 0 bridgehead atoms. The van der Waals surface area contributed by atoms with E-state index in [1.165, 1.54) is 22.4 Å². The second-order valence-corrected chi connectivity index (χ2v) is 9.21. The summed E-state index contributed by atoms with van der Waals surface area (Å²) in [7, 11) is 2.18. The maximum Gasteiger partial charge on any atom is 0.223 e. The second kappa shape index (κ2) is 10.3. The van der Waals surface area contributed by atoms with Crippen molar-refractivity contribution in [3.05, 3.63) is 65.2 Å². The Bertz CT molecular complexity index is 850. The van der Waals surface area contributed by atoms with Gasteiger partial charge in [0.15, 0.2) is 0 Å². The molecule has 0 aliphatic carbocycles. The highest BCUT2D eigenvalue weighted by Gasteiger charge is 2.24. The number of carbonyl (C=O) groups is 1. The van der Waals surface area contributed by atoms with Gasteiger partial charge in [0, 0.05) is 50.9 Å². The van der Waals surface area contributed by atoms with Crippen LogP contribution in [0.25, 0.3) is 0 Å². The number of anilines is 1. The van der Waals surface area contributed by atoms with E-state index >= 15 is 0 Å². The van der Waals surface area contributed by atoms with Crippen molar-refractivity contribution in [2.24, 2.45) is 5.92 Å². The number of amides is 1. The number of nitrogens with zero attached hydrogens (tertiary/aromatic N) is 3. The quantitative estimate of drug-likeness (QED) is 0.779. The lowest BCUT2D eigenvalue weighted by Crippen LogP contribution is -2.44. The van der Waals surface area contributed by atoms with E-state index in [4.69, 9.17) is 0 Å². The van der Waals surface area contributed by atoms with Crippen LogP contribution in [0.15, 0.2) is 48.5 Å². The molecule has 5 heteroatoms. The number of rotatable bonds is 6. The van der Waals surface area contributed by atoms with Crippen molar-refractivity contribution >= 4 is 11.6 Å². The van der Waals surface area contributed by atoms with Crippen molar-refractivity contribution < 1.29 is 4.79 Å². The minimum absolute atomic E-state index is 0.137. The van der Waals surface area contributed by atoms with Gasteiger partial charge >= 0.3 is 0 Å². The Hall–Kier alpha value is -2.37. The first-order valence-electron chi connectivity index (χ1n) is 11.6. The third-order valence-electron chi connectivity index (χ3n) is 6.72. The Balaban J connectivity index is 1.20. The Morgan fingerprint density at radius 3 is 2.32 bits per heavy atom. The SMILES string of the molecule is Cc1cccc(CN2CCC(C(=O)NCc3ccc(N4CCN(C)CC4)cc3)CC2)c1. The van der Waals surface area contributed by atoms with Crippen molar-refractivity contribution in [1.29, 1.82) is 0 Å². The van der Waals surface area contributed by atoms with E-state index in [9.17, 15) is 4.79 Å². The summed E-state index contributed by atoms with van der Waals surface area (Å²) in [5.41, 5.74) is 5.12. The molecule has 0 aromatic heterocycles. The molecule has 4 rings (SSSR count). The van der Waals surface area contributed by atoms with Crippen molar-refractivity contribution in [2.45, 2.75) is 32.9 Å². The monoisotopic (exact) mass is 420 g/mol. The van der Waals surface area contributed by atoms with Crippen molar-refractivity contribution in [3.8, 4) is 0 Å². The number of nitrogens with one attached hydrogen (secondary N) is 1. The fourth-order valence-electron chi connectivity index (χ4n) is 4.64.